The molecule has 4 heteroatoms. The van der Waals surface area contributed by atoms with Crippen molar-refractivity contribution < 1.29 is 19.5 Å². The van der Waals surface area contributed by atoms with Gasteiger partial charge in [-0.3, -0.25) is 14.4 Å². The molecule has 1 saturated carbocycles. The summed E-state index contributed by atoms with van der Waals surface area (Å²) in [5.74, 6) is -3.68. The van der Waals surface area contributed by atoms with Crippen LogP contribution >= 0.6 is 0 Å². The van der Waals surface area contributed by atoms with Gasteiger partial charge in [-0.2, -0.15) is 0 Å². The van der Waals surface area contributed by atoms with Crippen LogP contribution in [-0.4, -0.2) is 28.1 Å². The summed E-state index contributed by atoms with van der Waals surface area (Å²) in [6.45, 7) is 3.48. The summed E-state index contributed by atoms with van der Waals surface area (Å²) in [6, 6.07) is 24.9. The predicted octanol–water partition coefficient (Wildman–Crippen LogP) is 4.80. The number of aliphatic hydroxyl groups is 1. The van der Waals surface area contributed by atoms with Crippen molar-refractivity contribution >= 4 is 17.3 Å². The number of hydrogen-bond acceptors (Lipinski definition) is 4. The van der Waals surface area contributed by atoms with Gasteiger partial charge in [0.15, 0.2) is 11.6 Å². The van der Waals surface area contributed by atoms with E-state index in [9.17, 15) is 19.5 Å². The van der Waals surface area contributed by atoms with Crippen LogP contribution in [0.3, 0.4) is 0 Å². The van der Waals surface area contributed by atoms with Gasteiger partial charge in [0.2, 0.25) is 0 Å². The van der Waals surface area contributed by atoms with E-state index < -0.39 is 23.4 Å². The average molecular weight is 427 g/mol. The Kier molecular flexibility index (Phi) is 5.90. The molecule has 1 N–H and O–H groups in total. The fraction of sp³-hybridized carbons (Fsp3) is 0.250. The molecule has 4 nitrogen and oxygen atoms in total. The molecule has 3 aromatic carbocycles. The molecule has 0 aliphatic heterocycles. The lowest BCUT2D eigenvalue weighted by Gasteiger charge is -2.45. The Morgan fingerprint density at radius 1 is 0.812 bits per heavy atom. The SMILES string of the molecule is Cc1ccc([C@@H]2[C@H](C(=O)c3ccccc3)C(=O)C[C@@](C)(O)[C@@H]2C(=O)c2ccccc2)cc1. The van der Waals surface area contributed by atoms with E-state index in [1.165, 1.54) is 6.92 Å². The number of aryl methyl sites for hydroxylation is 1. The molecule has 1 aliphatic rings. The third-order valence-corrected chi connectivity index (χ3v) is 6.41. The zero-order chi connectivity index (χ0) is 22.9. The molecule has 0 unspecified atom stereocenters. The molecule has 32 heavy (non-hydrogen) atoms. The second-order valence-electron chi connectivity index (χ2n) is 8.85. The maximum atomic E-state index is 13.7. The molecule has 0 amide bonds. The molecule has 4 atom stereocenters. The summed E-state index contributed by atoms with van der Waals surface area (Å²) in [4.78, 5) is 40.5. The van der Waals surface area contributed by atoms with E-state index in [2.05, 4.69) is 0 Å². The fourth-order valence-corrected chi connectivity index (χ4v) is 4.84. The molecular formula is C28H26O4. The molecule has 0 heterocycles. The summed E-state index contributed by atoms with van der Waals surface area (Å²) in [5.41, 5.74) is 1.03. The zero-order valence-electron chi connectivity index (χ0n) is 18.2. The van der Waals surface area contributed by atoms with Gasteiger partial charge < -0.3 is 5.11 Å². The highest BCUT2D eigenvalue weighted by atomic mass is 16.3. The predicted molar refractivity (Wildman–Crippen MR) is 123 cm³/mol. The summed E-state index contributed by atoms with van der Waals surface area (Å²) >= 11 is 0. The molecular weight excluding hydrogens is 400 g/mol. The van der Waals surface area contributed by atoms with E-state index in [-0.39, 0.29) is 23.8 Å². The van der Waals surface area contributed by atoms with Crippen LogP contribution in [0.15, 0.2) is 84.9 Å². The van der Waals surface area contributed by atoms with E-state index in [1.807, 2.05) is 43.3 Å². The lowest BCUT2D eigenvalue weighted by Crippen LogP contribution is -2.54. The summed E-state index contributed by atoms with van der Waals surface area (Å²) in [5, 5.41) is 11.3. The summed E-state index contributed by atoms with van der Waals surface area (Å²) in [6.07, 6.45) is -0.248. The van der Waals surface area contributed by atoms with Crippen LogP contribution in [0.25, 0.3) is 0 Å². The van der Waals surface area contributed by atoms with Gasteiger partial charge in [0.05, 0.1) is 17.4 Å². The first kappa shape index (κ1) is 21.8. The molecule has 3 aromatic rings. The van der Waals surface area contributed by atoms with Crippen LogP contribution in [0.5, 0.6) is 0 Å². The number of carbonyl (C=O) groups excluding carboxylic acids is 3. The number of hydrogen-bond donors (Lipinski definition) is 1. The topological polar surface area (TPSA) is 71.4 Å². The third kappa shape index (κ3) is 4.06. The quantitative estimate of drug-likeness (QED) is 0.470. The van der Waals surface area contributed by atoms with E-state index in [0.717, 1.165) is 5.56 Å². The van der Waals surface area contributed by atoms with E-state index in [1.54, 1.807) is 48.5 Å². The van der Waals surface area contributed by atoms with E-state index in [4.69, 9.17) is 0 Å². The first-order valence-electron chi connectivity index (χ1n) is 10.8. The fourth-order valence-electron chi connectivity index (χ4n) is 4.84. The first-order valence-corrected chi connectivity index (χ1v) is 10.8. The Balaban J connectivity index is 1.89. The normalized spacial score (nSPS) is 25.3. The van der Waals surface area contributed by atoms with Crippen LogP contribution in [0.2, 0.25) is 0 Å². The summed E-state index contributed by atoms with van der Waals surface area (Å²) in [7, 11) is 0. The maximum absolute atomic E-state index is 13.7. The van der Waals surface area contributed by atoms with Crippen LogP contribution < -0.4 is 0 Å². The first-order chi connectivity index (χ1) is 15.3. The minimum atomic E-state index is -1.58. The minimum absolute atomic E-state index is 0.248. The number of ketones is 3. The third-order valence-electron chi connectivity index (χ3n) is 6.41. The van der Waals surface area contributed by atoms with Gasteiger partial charge in [0, 0.05) is 23.5 Å². The van der Waals surface area contributed by atoms with Crippen molar-refractivity contribution in [2.45, 2.75) is 31.8 Å². The number of Topliss-reactive ketones (excluding diaryl/α,β-unsaturated/α-hetero) is 3. The van der Waals surface area contributed by atoms with E-state index >= 15 is 0 Å². The van der Waals surface area contributed by atoms with Gasteiger partial charge in [-0.1, -0.05) is 90.5 Å². The smallest absolute Gasteiger partial charge is 0.173 e. The largest absolute Gasteiger partial charge is 0.389 e. The van der Waals surface area contributed by atoms with Gasteiger partial charge in [-0.15, -0.1) is 0 Å². The van der Waals surface area contributed by atoms with Gasteiger partial charge in [-0.25, -0.2) is 0 Å². The van der Waals surface area contributed by atoms with Gasteiger partial charge in [0.25, 0.3) is 0 Å². The van der Waals surface area contributed by atoms with Crippen molar-refractivity contribution in [2.24, 2.45) is 11.8 Å². The summed E-state index contributed by atoms with van der Waals surface area (Å²) < 4.78 is 0. The van der Waals surface area contributed by atoms with Crippen molar-refractivity contribution in [3.63, 3.8) is 0 Å². The molecule has 0 radical (unpaired) electrons. The van der Waals surface area contributed by atoms with Crippen molar-refractivity contribution in [3.8, 4) is 0 Å². The zero-order valence-corrected chi connectivity index (χ0v) is 18.2. The number of carbonyl (C=O) groups is 3. The van der Waals surface area contributed by atoms with E-state index in [0.29, 0.717) is 16.7 Å². The van der Waals surface area contributed by atoms with Gasteiger partial charge in [0.1, 0.15) is 5.78 Å². The van der Waals surface area contributed by atoms with Gasteiger partial charge in [-0.05, 0) is 19.4 Å². The lowest BCUT2D eigenvalue weighted by molar-refractivity contribution is -0.134. The Labute approximate surface area is 187 Å². The second-order valence-corrected chi connectivity index (χ2v) is 8.85. The Morgan fingerprint density at radius 2 is 1.31 bits per heavy atom. The lowest BCUT2D eigenvalue weighted by atomic mass is 9.58. The molecule has 0 bridgehead atoms. The highest BCUT2D eigenvalue weighted by molar-refractivity contribution is 6.13. The standard InChI is InChI=1S/C28H26O4/c1-18-13-15-19(16-14-18)23-24(26(30)20-9-5-3-6-10-20)22(29)17-28(2,32)25(23)27(31)21-11-7-4-8-12-21/h3-16,23-25,32H,17H2,1-2H3/t23-,24-,25+,28-/m1/s1. The average Bonchev–Trinajstić information content (AvgIpc) is 2.79. The number of rotatable bonds is 5. The van der Waals surface area contributed by atoms with Gasteiger partial charge >= 0.3 is 0 Å². The molecule has 0 spiro atoms. The monoisotopic (exact) mass is 426 g/mol. The number of benzene rings is 3. The Morgan fingerprint density at radius 3 is 1.84 bits per heavy atom. The molecule has 4 rings (SSSR count). The Hall–Kier alpha value is -3.37. The maximum Gasteiger partial charge on any atom is 0.173 e. The van der Waals surface area contributed by atoms with Crippen LogP contribution in [-0.2, 0) is 4.79 Å². The van der Waals surface area contributed by atoms with Crippen LogP contribution in [0.1, 0.15) is 51.1 Å². The Bertz CT molecular complexity index is 1130. The van der Waals surface area contributed by atoms with Crippen molar-refractivity contribution in [1.29, 1.82) is 0 Å². The minimum Gasteiger partial charge on any atom is -0.389 e. The highest BCUT2D eigenvalue weighted by Gasteiger charge is 2.55. The molecule has 0 aromatic heterocycles. The molecule has 162 valence electrons. The molecule has 1 aliphatic carbocycles. The van der Waals surface area contributed by atoms with Crippen molar-refractivity contribution in [3.05, 3.63) is 107 Å². The molecule has 1 fully saturated rings. The molecule has 0 saturated heterocycles. The van der Waals surface area contributed by atoms with Crippen LogP contribution in [0.4, 0.5) is 0 Å². The van der Waals surface area contributed by atoms with Crippen molar-refractivity contribution in [2.75, 3.05) is 0 Å². The second kappa shape index (κ2) is 8.64. The highest BCUT2D eigenvalue weighted by Crippen LogP contribution is 2.48. The van der Waals surface area contributed by atoms with Crippen molar-refractivity contribution in [1.82, 2.24) is 0 Å². The van der Waals surface area contributed by atoms with Crippen LogP contribution in [0, 0.1) is 18.8 Å².